The van der Waals surface area contributed by atoms with Crippen molar-refractivity contribution < 1.29 is 9.59 Å². The monoisotopic (exact) mass is 389 g/mol. The van der Waals surface area contributed by atoms with E-state index in [4.69, 9.17) is 4.98 Å². The summed E-state index contributed by atoms with van der Waals surface area (Å²) in [7, 11) is 0. The van der Waals surface area contributed by atoms with Crippen LogP contribution in [0.15, 0.2) is 53.3 Å². The molecule has 2 aromatic carbocycles. The first kappa shape index (κ1) is 19.1. The summed E-state index contributed by atoms with van der Waals surface area (Å²) in [6, 6.07) is 13.4. The Morgan fingerprint density at radius 1 is 0.897 bits per heavy atom. The molecule has 3 aromatic rings. The lowest BCUT2D eigenvalue weighted by Gasteiger charge is -2.27. The number of benzene rings is 2. The Kier molecular flexibility index (Phi) is 4.78. The summed E-state index contributed by atoms with van der Waals surface area (Å²) in [5, 5.41) is 0.536. The molecule has 29 heavy (non-hydrogen) atoms. The zero-order valence-electron chi connectivity index (χ0n) is 16.8. The summed E-state index contributed by atoms with van der Waals surface area (Å²) < 4.78 is 1.63. The van der Waals surface area contributed by atoms with Gasteiger partial charge >= 0.3 is 0 Å². The molecule has 0 bridgehead atoms. The molecule has 0 saturated carbocycles. The first-order valence-corrected chi connectivity index (χ1v) is 9.90. The van der Waals surface area contributed by atoms with E-state index in [1.807, 2.05) is 32.9 Å². The van der Waals surface area contributed by atoms with Gasteiger partial charge in [0.25, 0.3) is 17.4 Å². The SMILES string of the molecule is CC[C@H](c1nc2ccccc2c(=O)n1CC(C)C)N1C(=O)c2ccccc2C1=O. The predicted octanol–water partition coefficient (Wildman–Crippen LogP) is 3.80. The molecule has 0 saturated heterocycles. The third-order valence-corrected chi connectivity index (χ3v) is 5.26. The fourth-order valence-corrected chi connectivity index (χ4v) is 3.95. The molecule has 0 spiro atoms. The molecule has 1 aliphatic rings. The summed E-state index contributed by atoms with van der Waals surface area (Å²) in [4.78, 5) is 45.4. The van der Waals surface area contributed by atoms with Gasteiger partial charge in [0.1, 0.15) is 5.82 Å². The number of imide groups is 1. The van der Waals surface area contributed by atoms with E-state index in [9.17, 15) is 14.4 Å². The van der Waals surface area contributed by atoms with Crippen molar-refractivity contribution >= 4 is 22.7 Å². The van der Waals surface area contributed by atoms with E-state index in [0.717, 1.165) is 0 Å². The van der Waals surface area contributed by atoms with Crippen LogP contribution >= 0.6 is 0 Å². The minimum atomic E-state index is -0.613. The predicted molar refractivity (Wildman–Crippen MR) is 111 cm³/mol. The van der Waals surface area contributed by atoms with Crippen molar-refractivity contribution in [3.8, 4) is 0 Å². The lowest BCUT2D eigenvalue weighted by atomic mass is 10.1. The lowest BCUT2D eigenvalue weighted by Crippen LogP contribution is -2.38. The topological polar surface area (TPSA) is 72.3 Å². The Morgan fingerprint density at radius 3 is 2.07 bits per heavy atom. The number of fused-ring (bicyclic) bond motifs is 2. The normalized spacial score (nSPS) is 14.7. The molecule has 148 valence electrons. The van der Waals surface area contributed by atoms with Crippen LogP contribution in [-0.4, -0.2) is 26.3 Å². The van der Waals surface area contributed by atoms with Crippen LogP contribution in [0.2, 0.25) is 0 Å². The largest absolute Gasteiger partial charge is 0.294 e. The smallest absolute Gasteiger partial charge is 0.262 e. The number of carbonyl (C=O) groups is 2. The van der Waals surface area contributed by atoms with Crippen LogP contribution in [0.3, 0.4) is 0 Å². The van der Waals surface area contributed by atoms with Crippen LogP contribution in [0.1, 0.15) is 59.8 Å². The second-order valence-corrected chi connectivity index (χ2v) is 7.75. The van der Waals surface area contributed by atoms with Gasteiger partial charge in [-0.2, -0.15) is 0 Å². The van der Waals surface area contributed by atoms with Crippen molar-refractivity contribution in [2.45, 2.75) is 39.8 Å². The Labute approximate surface area is 168 Å². The second-order valence-electron chi connectivity index (χ2n) is 7.75. The first-order valence-electron chi connectivity index (χ1n) is 9.90. The molecule has 6 nitrogen and oxygen atoms in total. The highest BCUT2D eigenvalue weighted by atomic mass is 16.2. The highest BCUT2D eigenvalue weighted by molar-refractivity contribution is 6.21. The number of amides is 2. The molecule has 1 aromatic heterocycles. The molecule has 2 amide bonds. The van der Waals surface area contributed by atoms with Crippen LogP contribution < -0.4 is 5.56 Å². The maximum Gasteiger partial charge on any atom is 0.262 e. The standard InChI is InChI=1S/C23H23N3O3/c1-4-19(26-22(28)15-9-5-6-10-16(15)23(26)29)20-24-18-12-8-7-11-17(18)21(27)25(20)13-14(2)3/h5-12,14,19H,4,13H2,1-3H3/t19-/m1/s1. The minimum absolute atomic E-state index is 0.144. The summed E-state index contributed by atoms with van der Waals surface area (Å²) in [6.45, 7) is 6.41. The average molecular weight is 389 g/mol. The van der Waals surface area contributed by atoms with Gasteiger partial charge in [0.05, 0.1) is 28.1 Å². The second kappa shape index (κ2) is 7.28. The van der Waals surface area contributed by atoms with Gasteiger partial charge in [-0.15, -0.1) is 0 Å². The number of hydrogen-bond acceptors (Lipinski definition) is 4. The summed E-state index contributed by atoms with van der Waals surface area (Å²) >= 11 is 0. The minimum Gasteiger partial charge on any atom is -0.294 e. The zero-order chi connectivity index (χ0) is 20.7. The quantitative estimate of drug-likeness (QED) is 0.622. The Bertz CT molecular complexity index is 1140. The molecule has 6 heteroatoms. The third-order valence-electron chi connectivity index (χ3n) is 5.26. The van der Waals surface area contributed by atoms with E-state index in [1.165, 1.54) is 4.90 Å². The Hall–Kier alpha value is -3.28. The maximum atomic E-state index is 13.2. The van der Waals surface area contributed by atoms with Crippen molar-refractivity contribution in [2.75, 3.05) is 0 Å². The van der Waals surface area contributed by atoms with E-state index >= 15 is 0 Å². The van der Waals surface area contributed by atoms with Gasteiger partial charge in [0, 0.05) is 6.54 Å². The van der Waals surface area contributed by atoms with Gasteiger partial charge in [-0.25, -0.2) is 4.98 Å². The number of carbonyl (C=O) groups excluding carboxylic acids is 2. The van der Waals surface area contributed by atoms with Gasteiger partial charge in [-0.05, 0) is 36.6 Å². The lowest BCUT2D eigenvalue weighted by molar-refractivity contribution is 0.0565. The number of aromatic nitrogens is 2. The molecule has 1 aliphatic heterocycles. The molecule has 0 aliphatic carbocycles. The summed E-state index contributed by atoms with van der Waals surface area (Å²) in [6.07, 6.45) is 0.467. The van der Waals surface area contributed by atoms with Gasteiger partial charge in [-0.3, -0.25) is 23.9 Å². The summed E-state index contributed by atoms with van der Waals surface area (Å²) in [5.74, 6) is -0.0135. The van der Waals surface area contributed by atoms with Crippen molar-refractivity contribution in [3.63, 3.8) is 0 Å². The van der Waals surface area contributed by atoms with Gasteiger partial charge < -0.3 is 0 Å². The van der Waals surface area contributed by atoms with E-state index in [0.29, 0.717) is 40.8 Å². The molecule has 4 rings (SSSR count). The number of rotatable bonds is 5. The molecule has 0 radical (unpaired) electrons. The fraction of sp³-hybridized carbons (Fsp3) is 0.304. The van der Waals surface area contributed by atoms with Crippen LogP contribution in [0.4, 0.5) is 0 Å². The summed E-state index contributed by atoms with van der Waals surface area (Å²) in [5.41, 5.74) is 1.22. The van der Waals surface area contributed by atoms with Crippen molar-refractivity contribution in [2.24, 2.45) is 5.92 Å². The molecule has 0 fully saturated rings. The Balaban J connectivity index is 1.91. The van der Waals surface area contributed by atoms with Crippen molar-refractivity contribution in [1.29, 1.82) is 0 Å². The maximum absolute atomic E-state index is 13.2. The molecular formula is C23H23N3O3. The van der Waals surface area contributed by atoms with Gasteiger partial charge in [0.2, 0.25) is 0 Å². The average Bonchev–Trinajstić information content (AvgIpc) is 2.97. The molecule has 0 unspecified atom stereocenters. The molecular weight excluding hydrogens is 366 g/mol. The first-order chi connectivity index (χ1) is 13.9. The van der Waals surface area contributed by atoms with E-state index < -0.39 is 6.04 Å². The van der Waals surface area contributed by atoms with Crippen LogP contribution in [0.25, 0.3) is 10.9 Å². The van der Waals surface area contributed by atoms with Crippen molar-refractivity contribution in [1.82, 2.24) is 14.5 Å². The third kappa shape index (κ3) is 3.05. The highest BCUT2D eigenvalue weighted by Gasteiger charge is 2.41. The van der Waals surface area contributed by atoms with E-state index in [-0.39, 0.29) is 23.3 Å². The van der Waals surface area contributed by atoms with Crippen LogP contribution in [0, 0.1) is 5.92 Å². The van der Waals surface area contributed by atoms with E-state index in [1.54, 1.807) is 41.0 Å². The molecule has 2 heterocycles. The van der Waals surface area contributed by atoms with Crippen LogP contribution in [0.5, 0.6) is 0 Å². The van der Waals surface area contributed by atoms with Gasteiger partial charge in [-0.1, -0.05) is 45.0 Å². The zero-order valence-corrected chi connectivity index (χ0v) is 16.8. The highest BCUT2D eigenvalue weighted by Crippen LogP contribution is 2.33. The number of nitrogens with zero attached hydrogens (tertiary/aromatic N) is 3. The van der Waals surface area contributed by atoms with Gasteiger partial charge in [0.15, 0.2) is 0 Å². The van der Waals surface area contributed by atoms with Crippen LogP contribution in [-0.2, 0) is 6.54 Å². The Morgan fingerprint density at radius 2 is 1.48 bits per heavy atom. The van der Waals surface area contributed by atoms with E-state index in [2.05, 4.69) is 0 Å². The van der Waals surface area contributed by atoms with Crippen molar-refractivity contribution in [3.05, 3.63) is 75.8 Å². The fourth-order valence-electron chi connectivity index (χ4n) is 3.95. The number of hydrogen-bond donors (Lipinski definition) is 0. The molecule has 0 N–H and O–H groups in total. The number of para-hydroxylation sites is 1. The molecule has 1 atom stereocenters.